The molecule has 102 valence electrons. The van der Waals surface area contributed by atoms with Crippen molar-refractivity contribution in [3.63, 3.8) is 0 Å². The lowest BCUT2D eigenvalue weighted by atomic mass is 10.0. The minimum atomic E-state index is -0.710. The van der Waals surface area contributed by atoms with E-state index in [1.807, 2.05) is 24.4 Å². The molecule has 0 radical (unpaired) electrons. The fourth-order valence-electron chi connectivity index (χ4n) is 2.19. The first kappa shape index (κ1) is 13.8. The Morgan fingerprint density at radius 1 is 1.37 bits per heavy atom. The van der Waals surface area contributed by atoms with E-state index < -0.39 is 5.54 Å². The number of hydrogen-bond acceptors (Lipinski definition) is 5. The zero-order valence-electron chi connectivity index (χ0n) is 11.4. The van der Waals surface area contributed by atoms with Crippen molar-refractivity contribution in [3.05, 3.63) is 24.4 Å². The summed E-state index contributed by atoms with van der Waals surface area (Å²) in [5.41, 5.74) is 5.13. The van der Waals surface area contributed by atoms with E-state index in [-0.39, 0.29) is 0 Å². The summed E-state index contributed by atoms with van der Waals surface area (Å²) in [6.07, 6.45) is 2.54. The average Bonchev–Trinajstić information content (AvgIpc) is 2.47. The molecule has 1 aromatic heterocycles. The van der Waals surface area contributed by atoms with E-state index in [0.717, 1.165) is 38.5 Å². The zero-order valence-corrected chi connectivity index (χ0v) is 11.4. The Morgan fingerprint density at radius 2 is 2.11 bits per heavy atom. The quantitative estimate of drug-likeness (QED) is 0.867. The van der Waals surface area contributed by atoms with Crippen molar-refractivity contribution in [3.8, 4) is 6.07 Å². The Bertz CT molecular complexity index is 429. The number of pyridine rings is 1. The molecule has 19 heavy (non-hydrogen) atoms. The lowest BCUT2D eigenvalue weighted by molar-refractivity contribution is 0.241. The van der Waals surface area contributed by atoms with Crippen LogP contribution in [0, 0.1) is 11.3 Å². The Labute approximate surface area is 114 Å². The molecule has 0 aromatic carbocycles. The molecule has 5 heteroatoms. The van der Waals surface area contributed by atoms with Crippen LogP contribution in [0.2, 0.25) is 0 Å². The predicted molar refractivity (Wildman–Crippen MR) is 75.7 cm³/mol. The summed E-state index contributed by atoms with van der Waals surface area (Å²) < 4.78 is 0. The van der Waals surface area contributed by atoms with Crippen LogP contribution in [0.1, 0.15) is 13.3 Å². The van der Waals surface area contributed by atoms with Crippen LogP contribution in [-0.4, -0.2) is 48.1 Å². The van der Waals surface area contributed by atoms with Gasteiger partial charge in [0.2, 0.25) is 0 Å². The van der Waals surface area contributed by atoms with Crippen LogP contribution in [0.4, 0.5) is 5.82 Å². The summed E-state index contributed by atoms with van der Waals surface area (Å²) in [6.45, 7) is 6.62. The summed E-state index contributed by atoms with van der Waals surface area (Å²) in [6, 6.07) is 8.14. The van der Waals surface area contributed by atoms with Gasteiger partial charge in [-0.15, -0.1) is 0 Å². The molecule has 2 rings (SSSR count). The van der Waals surface area contributed by atoms with Crippen LogP contribution < -0.4 is 10.6 Å². The maximum Gasteiger partial charge on any atom is 0.128 e. The number of nitrogens with two attached hydrogens (primary N) is 1. The average molecular weight is 259 g/mol. The summed E-state index contributed by atoms with van der Waals surface area (Å²) in [5.74, 6) is 1.04. The van der Waals surface area contributed by atoms with Gasteiger partial charge in [0, 0.05) is 38.9 Å². The normalized spacial score (nSPS) is 19.7. The van der Waals surface area contributed by atoms with Gasteiger partial charge in [-0.3, -0.25) is 4.90 Å². The molecule has 0 aliphatic carbocycles. The highest BCUT2D eigenvalue weighted by Crippen LogP contribution is 2.13. The second kappa shape index (κ2) is 6.00. The van der Waals surface area contributed by atoms with Gasteiger partial charge in [0.25, 0.3) is 0 Å². The Hall–Kier alpha value is -1.64. The molecule has 0 bridgehead atoms. The standard InChI is InChI=1S/C14H21N5/c1-14(16,12-15)5-7-18-8-10-19(11-9-18)13-4-2-3-6-17-13/h2-4,6H,5,7-11,16H2,1H3. The molecule has 0 spiro atoms. The topological polar surface area (TPSA) is 69.2 Å². The van der Waals surface area contributed by atoms with Crippen molar-refractivity contribution in [1.29, 1.82) is 5.26 Å². The van der Waals surface area contributed by atoms with E-state index in [1.165, 1.54) is 0 Å². The van der Waals surface area contributed by atoms with Gasteiger partial charge in [-0.05, 0) is 25.5 Å². The van der Waals surface area contributed by atoms with Gasteiger partial charge in [0.15, 0.2) is 0 Å². The van der Waals surface area contributed by atoms with Gasteiger partial charge >= 0.3 is 0 Å². The number of nitriles is 1. The van der Waals surface area contributed by atoms with Crippen molar-refractivity contribution in [2.24, 2.45) is 5.73 Å². The third kappa shape index (κ3) is 3.91. The van der Waals surface area contributed by atoms with Gasteiger partial charge in [0.1, 0.15) is 11.4 Å². The van der Waals surface area contributed by atoms with Crippen molar-refractivity contribution in [2.75, 3.05) is 37.6 Å². The van der Waals surface area contributed by atoms with E-state index in [1.54, 1.807) is 6.92 Å². The molecule has 1 atom stereocenters. The molecule has 1 saturated heterocycles. The lowest BCUT2D eigenvalue weighted by Gasteiger charge is -2.36. The summed E-state index contributed by atoms with van der Waals surface area (Å²) >= 11 is 0. The summed E-state index contributed by atoms with van der Waals surface area (Å²) in [5, 5.41) is 8.90. The first-order valence-electron chi connectivity index (χ1n) is 6.69. The first-order chi connectivity index (χ1) is 9.11. The Kier molecular flexibility index (Phi) is 4.35. The van der Waals surface area contributed by atoms with Crippen LogP contribution >= 0.6 is 0 Å². The third-order valence-corrected chi connectivity index (χ3v) is 3.55. The van der Waals surface area contributed by atoms with E-state index >= 15 is 0 Å². The number of anilines is 1. The minimum absolute atomic E-state index is 0.710. The molecule has 2 N–H and O–H groups in total. The van der Waals surface area contributed by atoms with Crippen LogP contribution in [0.5, 0.6) is 0 Å². The fraction of sp³-hybridized carbons (Fsp3) is 0.571. The highest BCUT2D eigenvalue weighted by Gasteiger charge is 2.22. The number of piperazine rings is 1. The van der Waals surface area contributed by atoms with Crippen LogP contribution in [0.25, 0.3) is 0 Å². The predicted octanol–water partition coefficient (Wildman–Crippen LogP) is 0.835. The van der Waals surface area contributed by atoms with Crippen molar-refractivity contribution in [1.82, 2.24) is 9.88 Å². The number of nitrogens with zero attached hydrogens (tertiary/aromatic N) is 4. The van der Waals surface area contributed by atoms with Gasteiger partial charge in [0.05, 0.1) is 6.07 Å². The second-order valence-corrected chi connectivity index (χ2v) is 5.30. The molecule has 1 aliphatic heterocycles. The highest BCUT2D eigenvalue weighted by molar-refractivity contribution is 5.38. The van der Waals surface area contributed by atoms with Crippen LogP contribution in [-0.2, 0) is 0 Å². The van der Waals surface area contributed by atoms with E-state index in [0.29, 0.717) is 6.42 Å². The molecule has 5 nitrogen and oxygen atoms in total. The number of aromatic nitrogens is 1. The molecule has 1 unspecified atom stereocenters. The molecule has 0 amide bonds. The number of hydrogen-bond donors (Lipinski definition) is 1. The van der Waals surface area contributed by atoms with Crippen molar-refractivity contribution >= 4 is 5.82 Å². The van der Waals surface area contributed by atoms with Crippen LogP contribution in [0.15, 0.2) is 24.4 Å². The monoisotopic (exact) mass is 259 g/mol. The maximum absolute atomic E-state index is 8.90. The van der Waals surface area contributed by atoms with E-state index in [4.69, 9.17) is 11.0 Å². The molecular weight excluding hydrogens is 238 g/mol. The van der Waals surface area contributed by atoms with Crippen molar-refractivity contribution < 1.29 is 0 Å². The smallest absolute Gasteiger partial charge is 0.128 e. The molecule has 1 aromatic rings. The van der Waals surface area contributed by atoms with E-state index in [2.05, 4.69) is 20.9 Å². The van der Waals surface area contributed by atoms with E-state index in [9.17, 15) is 0 Å². The second-order valence-electron chi connectivity index (χ2n) is 5.30. The van der Waals surface area contributed by atoms with Gasteiger partial charge < -0.3 is 10.6 Å². The summed E-state index contributed by atoms with van der Waals surface area (Å²) in [4.78, 5) is 9.03. The van der Waals surface area contributed by atoms with Crippen LogP contribution in [0.3, 0.4) is 0 Å². The molecule has 2 heterocycles. The molecular formula is C14H21N5. The lowest BCUT2D eigenvalue weighted by Crippen LogP contribution is -2.48. The highest BCUT2D eigenvalue weighted by atomic mass is 15.3. The Balaban J connectivity index is 1.79. The molecule has 0 saturated carbocycles. The summed E-state index contributed by atoms with van der Waals surface area (Å²) in [7, 11) is 0. The largest absolute Gasteiger partial charge is 0.354 e. The van der Waals surface area contributed by atoms with Gasteiger partial charge in [-0.25, -0.2) is 4.98 Å². The third-order valence-electron chi connectivity index (χ3n) is 3.55. The van der Waals surface area contributed by atoms with Gasteiger partial charge in [-0.2, -0.15) is 5.26 Å². The first-order valence-corrected chi connectivity index (χ1v) is 6.69. The Morgan fingerprint density at radius 3 is 2.68 bits per heavy atom. The maximum atomic E-state index is 8.90. The molecule has 1 aliphatic rings. The zero-order chi connectivity index (χ0) is 13.7. The van der Waals surface area contributed by atoms with Gasteiger partial charge in [-0.1, -0.05) is 6.07 Å². The number of rotatable bonds is 4. The SMILES string of the molecule is CC(N)(C#N)CCN1CCN(c2ccccn2)CC1. The fourth-order valence-corrected chi connectivity index (χ4v) is 2.19. The molecule has 1 fully saturated rings. The minimum Gasteiger partial charge on any atom is -0.354 e. The van der Waals surface area contributed by atoms with Crippen molar-refractivity contribution in [2.45, 2.75) is 18.9 Å².